The molecule has 1 rings (SSSR count). The first-order valence-corrected chi connectivity index (χ1v) is 2.52. The van der Waals surface area contributed by atoms with Gasteiger partial charge in [-0.1, -0.05) is 5.92 Å². The van der Waals surface area contributed by atoms with Crippen molar-refractivity contribution in [3.05, 3.63) is 29.6 Å². The summed E-state index contributed by atoms with van der Waals surface area (Å²) in [6.45, 7) is 0. The molecule has 50 valence electrons. The van der Waals surface area contributed by atoms with Gasteiger partial charge in [0.05, 0.1) is 5.56 Å². The first-order valence-electron chi connectivity index (χ1n) is 2.52. The van der Waals surface area contributed by atoms with Crippen molar-refractivity contribution >= 4 is 0 Å². The van der Waals surface area contributed by atoms with Crippen molar-refractivity contribution in [3.63, 3.8) is 0 Å². The molecule has 0 radical (unpaired) electrons. The number of nitrogens with zero attached hydrogens (tertiary/aromatic N) is 1. The van der Waals surface area contributed by atoms with Crippen molar-refractivity contribution in [1.82, 2.24) is 4.98 Å². The van der Waals surface area contributed by atoms with Gasteiger partial charge in [-0.25, -0.2) is 0 Å². The summed E-state index contributed by atoms with van der Waals surface area (Å²) in [5.41, 5.74) is -0.0265. The van der Waals surface area contributed by atoms with Crippen molar-refractivity contribution in [2.75, 3.05) is 0 Å². The molecule has 0 aliphatic carbocycles. The van der Waals surface area contributed by atoms with Gasteiger partial charge in [-0.05, 0) is 12.1 Å². The number of terminal acetylenes is 1. The zero-order valence-corrected chi connectivity index (χ0v) is 4.94. The van der Waals surface area contributed by atoms with Crippen LogP contribution in [0.3, 0.4) is 0 Å². The molecule has 0 fully saturated rings. The third kappa shape index (κ3) is 1.11. The van der Waals surface area contributed by atoms with Crippen LogP contribution in [0.4, 0.5) is 8.78 Å². The summed E-state index contributed by atoms with van der Waals surface area (Å²) in [5, 5.41) is 0. The first kappa shape index (κ1) is 6.69. The van der Waals surface area contributed by atoms with Crippen molar-refractivity contribution in [1.29, 1.82) is 0 Å². The van der Waals surface area contributed by atoms with E-state index in [1.165, 1.54) is 0 Å². The zero-order chi connectivity index (χ0) is 7.56. The normalized spacial score (nSPS) is 8.90. The van der Waals surface area contributed by atoms with Gasteiger partial charge in [-0.15, -0.1) is 6.42 Å². The number of halogens is 2. The minimum Gasteiger partial charge on any atom is -0.189 e. The third-order valence-corrected chi connectivity index (χ3v) is 0.970. The molecule has 0 spiro atoms. The predicted molar refractivity (Wildman–Crippen MR) is 32.1 cm³/mol. The summed E-state index contributed by atoms with van der Waals surface area (Å²) in [6, 6.07) is 2.18. The molecule has 1 aromatic heterocycles. The summed E-state index contributed by atoms with van der Waals surface area (Å²) in [6.07, 6.45) is 4.85. The van der Waals surface area contributed by atoms with Crippen molar-refractivity contribution in [2.24, 2.45) is 0 Å². The Morgan fingerprint density at radius 3 is 2.60 bits per heavy atom. The molecule has 0 bridgehead atoms. The van der Waals surface area contributed by atoms with Crippen LogP contribution < -0.4 is 0 Å². The molecule has 1 nitrogen and oxygen atoms in total. The molecule has 0 N–H and O–H groups in total. The molecule has 0 saturated heterocycles. The van der Waals surface area contributed by atoms with Crippen molar-refractivity contribution in [3.8, 4) is 12.3 Å². The Morgan fingerprint density at radius 2 is 2.10 bits per heavy atom. The van der Waals surface area contributed by atoms with E-state index in [0.29, 0.717) is 0 Å². The summed E-state index contributed by atoms with van der Waals surface area (Å²) < 4.78 is 24.4. The van der Waals surface area contributed by atoms with E-state index >= 15 is 0 Å². The number of hydrogen-bond donors (Lipinski definition) is 0. The SMILES string of the molecule is C#Cc1ccc(F)nc1F. The predicted octanol–water partition coefficient (Wildman–Crippen LogP) is 1.34. The molecule has 0 aliphatic heterocycles. The molecule has 0 saturated carbocycles. The van der Waals surface area contributed by atoms with E-state index in [-0.39, 0.29) is 5.56 Å². The van der Waals surface area contributed by atoms with E-state index in [0.717, 1.165) is 12.1 Å². The van der Waals surface area contributed by atoms with E-state index in [1.54, 1.807) is 0 Å². The summed E-state index contributed by atoms with van der Waals surface area (Å²) >= 11 is 0. The fourth-order valence-corrected chi connectivity index (χ4v) is 0.520. The third-order valence-electron chi connectivity index (χ3n) is 0.970. The van der Waals surface area contributed by atoms with Crippen LogP contribution in [0.2, 0.25) is 0 Å². The lowest BCUT2D eigenvalue weighted by Gasteiger charge is -1.90. The maximum atomic E-state index is 12.4. The summed E-state index contributed by atoms with van der Waals surface area (Å²) in [5.74, 6) is 0.212. The Morgan fingerprint density at radius 1 is 1.40 bits per heavy atom. The van der Waals surface area contributed by atoms with Gasteiger partial charge < -0.3 is 0 Å². The number of hydrogen-bond acceptors (Lipinski definition) is 1. The standard InChI is InChI=1S/C7H3F2N/c1-2-5-3-4-6(8)10-7(5)9/h1,3-4H. The van der Waals surface area contributed by atoms with Gasteiger partial charge in [0.25, 0.3) is 0 Å². The molecule has 1 aromatic rings. The fraction of sp³-hybridized carbons (Fsp3) is 0. The van der Waals surface area contributed by atoms with Crippen LogP contribution in [0, 0.1) is 24.2 Å². The lowest BCUT2D eigenvalue weighted by atomic mass is 10.3. The Kier molecular flexibility index (Phi) is 1.63. The molecule has 0 aliphatic rings. The lowest BCUT2D eigenvalue weighted by Crippen LogP contribution is -1.91. The molecular formula is C7H3F2N. The van der Waals surface area contributed by atoms with Crippen molar-refractivity contribution < 1.29 is 8.78 Å². The smallest absolute Gasteiger partial charge is 0.189 e. The Hall–Kier alpha value is -1.43. The Labute approximate surface area is 56.7 Å². The molecule has 10 heavy (non-hydrogen) atoms. The van der Waals surface area contributed by atoms with Gasteiger partial charge in [-0.3, -0.25) is 0 Å². The molecule has 0 aromatic carbocycles. The summed E-state index contributed by atoms with van der Waals surface area (Å²) in [4.78, 5) is 2.87. The van der Waals surface area contributed by atoms with E-state index < -0.39 is 11.9 Å². The molecule has 3 heteroatoms. The minimum absolute atomic E-state index is 0.0265. The average Bonchev–Trinajstić information content (AvgIpc) is 1.88. The summed E-state index contributed by atoms with van der Waals surface area (Å²) in [7, 11) is 0. The average molecular weight is 139 g/mol. The van der Waals surface area contributed by atoms with E-state index in [2.05, 4.69) is 4.98 Å². The number of pyridine rings is 1. The highest BCUT2D eigenvalue weighted by molar-refractivity contribution is 5.29. The van der Waals surface area contributed by atoms with Gasteiger partial charge in [0, 0.05) is 0 Å². The van der Waals surface area contributed by atoms with Crippen LogP contribution in [0.5, 0.6) is 0 Å². The maximum absolute atomic E-state index is 12.4. The molecule has 0 unspecified atom stereocenters. The second-order valence-corrected chi connectivity index (χ2v) is 1.62. The van der Waals surface area contributed by atoms with Gasteiger partial charge >= 0.3 is 0 Å². The van der Waals surface area contributed by atoms with Gasteiger partial charge in [0.1, 0.15) is 0 Å². The van der Waals surface area contributed by atoms with Gasteiger partial charge in [-0.2, -0.15) is 13.8 Å². The van der Waals surface area contributed by atoms with Crippen LogP contribution in [-0.2, 0) is 0 Å². The monoisotopic (exact) mass is 139 g/mol. The highest BCUT2D eigenvalue weighted by atomic mass is 19.1. The topological polar surface area (TPSA) is 12.9 Å². The van der Waals surface area contributed by atoms with Crippen LogP contribution >= 0.6 is 0 Å². The van der Waals surface area contributed by atoms with E-state index in [1.807, 2.05) is 5.92 Å². The molecule has 0 atom stereocenters. The van der Waals surface area contributed by atoms with Crippen LogP contribution in [-0.4, -0.2) is 4.98 Å². The molecule has 0 amide bonds. The van der Waals surface area contributed by atoms with Crippen LogP contribution in [0.1, 0.15) is 5.56 Å². The Bertz CT molecular complexity index is 288. The van der Waals surface area contributed by atoms with E-state index in [4.69, 9.17) is 6.42 Å². The number of aromatic nitrogens is 1. The maximum Gasteiger partial charge on any atom is 0.231 e. The number of rotatable bonds is 0. The second kappa shape index (κ2) is 2.44. The fourth-order valence-electron chi connectivity index (χ4n) is 0.520. The van der Waals surface area contributed by atoms with Gasteiger partial charge in [0.15, 0.2) is 0 Å². The molecule has 1 heterocycles. The highest BCUT2D eigenvalue weighted by Crippen LogP contribution is 2.02. The van der Waals surface area contributed by atoms with E-state index in [9.17, 15) is 8.78 Å². The van der Waals surface area contributed by atoms with Crippen LogP contribution in [0.25, 0.3) is 0 Å². The van der Waals surface area contributed by atoms with Gasteiger partial charge in [0.2, 0.25) is 11.9 Å². The van der Waals surface area contributed by atoms with Crippen molar-refractivity contribution in [2.45, 2.75) is 0 Å². The Balaban J connectivity index is 3.23. The van der Waals surface area contributed by atoms with Crippen LogP contribution in [0.15, 0.2) is 12.1 Å². The second-order valence-electron chi connectivity index (χ2n) is 1.62. The first-order chi connectivity index (χ1) is 4.74. The largest absolute Gasteiger partial charge is 0.231 e. The zero-order valence-electron chi connectivity index (χ0n) is 4.94. The molecular weight excluding hydrogens is 136 g/mol. The minimum atomic E-state index is -0.942. The quantitative estimate of drug-likeness (QED) is 0.390. The highest BCUT2D eigenvalue weighted by Gasteiger charge is 2.00. The lowest BCUT2D eigenvalue weighted by molar-refractivity contribution is 0.510.